The van der Waals surface area contributed by atoms with E-state index in [1.54, 1.807) is 56.4 Å². The van der Waals surface area contributed by atoms with Gasteiger partial charge in [0.1, 0.15) is 31.0 Å². The summed E-state index contributed by atoms with van der Waals surface area (Å²) in [6, 6.07) is 7.42. The van der Waals surface area contributed by atoms with Gasteiger partial charge < -0.3 is 44.6 Å². The minimum Gasteiger partial charge on any atom is -0.540 e. The van der Waals surface area contributed by atoms with Crippen LogP contribution in [0.2, 0.25) is 16.6 Å². The van der Waals surface area contributed by atoms with Crippen molar-refractivity contribution >= 4 is 49.6 Å². The zero-order chi connectivity index (χ0) is 44.2. The highest BCUT2D eigenvalue weighted by Crippen LogP contribution is 2.46. The standard InChI is InChI=1S/C43H63N5O10Si/c1-13-18-56-43(54)47-38(25(2)3)40(51)44-30(11)39(50)45-32-16-14-31(15-17-32)24-57-42(53)46-35-21-37(58-59(26(4)5,27(6)7)28(8)9)36(55-12)20-34(35)41(52)48-22-29(10)19-33(48)23-49/h13-17,20-22,25-28,30,33,38,49H,1,18-19,23-24H2,2-12H3,(H,44,51)(H,45,50)(H,46,53)(H,47,54)/t30-,33-,38-/m0/s1. The monoisotopic (exact) mass is 837 g/mol. The Hall–Kier alpha value is -5.35. The second kappa shape index (κ2) is 21.6. The normalized spacial score (nSPS) is 15.0. The third-order valence-electron chi connectivity index (χ3n) is 10.4. The Balaban J connectivity index is 1.78. The van der Waals surface area contributed by atoms with Gasteiger partial charge in [0.25, 0.3) is 14.2 Å². The van der Waals surface area contributed by atoms with Gasteiger partial charge >= 0.3 is 12.2 Å². The minimum absolute atomic E-state index is 0.0139. The number of anilines is 2. The molecule has 0 aromatic heterocycles. The first kappa shape index (κ1) is 48.0. The van der Waals surface area contributed by atoms with Gasteiger partial charge in [0.15, 0.2) is 5.75 Å². The molecule has 0 aliphatic carbocycles. The van der Waals surface area contributed by atoms with Crippen LogP contribution in [0.15, 0.2) is 60.8 Å². The van der Waals surface area contributed by atoms with Gasteiger partial charge in [0.2, 0.25) is 11.8 Å². The second-order valence-corrected chi connectivity index (χ2v) is 21.4. The summed E-state index contributed by atoms with van der Waals surface area (Å²) in [6.45, 7) is 22.9. The van der Waals surface area contributed by atoms with Crippen LogP contribution in [0.25, 0.3) is 0 Å². The molecule has 0 radical (unpaired) electrons. The summed E-state index contributed by atoms with van der Waals surface area (Å²) in [5, 5.41) is 20.7. The van der Waals surface area contributed by atoms with Gasteiger partial charge in [-0.15, -0.1) is 0 Å². The van der Waals surface area contributed by atoms with Gasteiger partial charge in [-0.05, 0) is 66.6 Å². The van der Waals surface area contributed by atoms with Crippen LogP contribution >= 0.6 is 0 Å². The highest BCUT2D eigenvalue weighted by molar-refractivity contribution is 6.78. The van der Waals surface area contributed by atoms with Gasteiger partial charge in [-0.25, -0.2) is 9.59 Å². The van der Waals surface area contributed by atoms with Crippen molar-refractivity contribution in [3.63, 3.8) is 0 Å². The summed E-state index contributed by atoms with van der Waals surface area (Å²) in [5.41, 5.74) is 2.95. The molecule has 0 fully saturated rings. The van der Waals surface area contributed by atoms with Crippen LogP contribution in [-0.2, 0) is 25.7 Å². The van der Waals surface area contributed by atoms with E-state index in [9.17, 15) is 29.1 Å². The molecule has 2 aromatic carbocycles. The molecule has 3 rings (SSSR count). The Bertz CT molecular complexity index is 1820. The molecule has 1 heterocycles. The lowest BCUT2D eigenvalue weighted by molar-refractivity contribution is -0.128. The molecule has 59 heavy (non-hydrogen) atoms. The molecule has 0 saturated heterocycles. The number of nitrogens with zero attached hydrogens (tertiary/aromatic N) is 1. The van der Waals surface area contributed by atoms with Gasteiger partial charge in [-0.2, -0.15) is 0 Å². The van der Waals surface area contributed by atoms with Crippen LogP contribution in [0.4, 0.5) is 21.0 Å². The lowest BCUT2D eigenvalue weighted by Crippen LogP contribution is -2.53. The van der Waals surface area contributed by atoms with Gasteiger partial charge in [0, 0.05) is 18.0 Å². The van der Waals surface area contributed by atoms with E-state index in [1.165, 1.54) is 25.0 Å². The lowest BCUT2D eigenvalue weighted by atomic mass is 10.0. The number of carbonyl (C=O) groups excluding carboxylic acids is 5. The number of alkyl carbamates (subject to hydrolysis) is 1. The van der Waals surface area contributed by atoms with E-state index in [2.05, 4.69) is 69.4 Å². The molecule has 15 nitrogen and oxygen atoms in total. The quantitative estimate of drug-likeness (QED) is 0.0699. The number of benzene rings is 2. The molecule has 1 aliphatic rings. The lowest BCUT2D eigenvalue weighted by Gasteiger charge is -2.42. The summed E-state index contributed by atoms with van der Waals surface area (Å²) >= 11 is 0. The molecule has 324 valence electrons. The Morgan fingerprint density at radius 1 is 0.864 bits per heavy atom. The smallest absolute Gasteiger partial charge is 0.411 e. The van der Waals surface area contributed by atoms with Crippen LogP contribution in [0.3, 0.4) is 0 Å². The molecular weight excluding hydrogens is 775 g/mol. The van der Waals surface area contributed by atoms with E-state index in [0.29, 0.717) is 29.2 Å². The van der Waals surface area contributed by atoms with Crippen molar-refractivity contribution in [3.05, 3.63) is 72.0 Å². The average molecular weight is 838 g/mol. The van der Waals surface area contributed by atoms with Crippen LogP contribution < -0.4 is 30.4 Å². The third kappa shape index (κ3) is 12.3. The molecule has 0 saturated carbocycles. The molecule has 0 unspecified atom stereocenters. The van der Waals surface area contributed by atoms with Crippen molar-refractivity contribution in [2.24, 2.45) is 5.92 Å². The SMILES string of the molecule is C=CCOC(=O)N[C@H](C(=O)N[C@@H](C)C(=O)Nc1ccc(COC(=O)Nc2cc(O[Si](C(C)C)(C(C)C)C(C)C)c(OC)cc2C(=O)N2C=C(C)C[C@H]2CO)cc1)C(C)C. The molecule has 3 atom stereocenters. The fraction of sp³-hybridized carbons (Fsp3) is 0.512. The Morgan fingerprint density at radius 2 is 1.49 bits per heavy atom. The number of ether oxygens (including phenoxy) is 3. The summed E-state index contributed by atoms with van der Waals surface area (Å²) in [6.07, 6.45) is 2.02. The predicted molar refractivity (Wildman–Crippen MR) is 230 cm³/mol. The zero-order valence-electron chi connectivity index (χ0n) is 36.3. The van der Waals surface area contributed by atoms with E-state index in [-0.39, 0.29) is 53.6 Å². The molecule has 1 aliphatic heterocycles. The van der Waals surface area contributed by atoms with E-state index in [1.807, 2.05) is 6.92 Å². The van der Waals surface area contributed by atoms with Crippen LogP contribution in [0.5, 0.6) is 11.5 Å². The minimum atomic E-state index is -2.51. The number of methoxy groups -OCH3 is 1. The number of amides is 5. The third-order valence-corrected chi connectivity index (χ3v) is 16.4. The molecule has 5 N–H and O–H groups in total. The van der Waals surface area contributed by atoms with Crippen molar-refractivity contribution in [1.29, 1.82) is 0 Å². The Morgan fingerprint density at radius 3 is 2.03 bits per heavy atom. The van der Waals surface area contributed by atoms with Crippen molar-refractivity contribution in [2.75, 3.05) is 31.0 Å². The Labute approximate surface area is 349 Å². The summed E-state index contributed by atoms with van der Waals surface area (Å²) in [4.78, 5) is 66.8. The molecule has 16 heteroatoms. The van der Waals surface area contributed by atoms with Crippen molar-refractivity contribution < 1.29 is 47.7 Å². The molecule has 2 aromatic rings. The molecular formula is C43H63N5O10Si. The summed E-state index contributed by atoms with van der Waals surface area (Å²) < 4.78 is 23.3. The highest BCUT2D eigenvalue weighted by Gasteiger charge is 2.47. The fourth-order valence-corrected chi connectivity index (χ4v) is 12.7. The number of rotatable bonds is 19. The van der Waals surface area contributed by atoms with Crippen LogP contribution in [-0.4, -0.2) is 86.7 Å². The zero-order valence-corrected chi connectivity index (χ0v) is 37.3. The van der Waals surface area contributed by atoms with E-state index < -0.39 is 56.4 Å². The summed E-state index contributed by atoms with van der Waals surface area (Å²) in [5.74, 6) is -1.02. The number of nitrogens with one attached hydrogen (secondary N) is 4. The number of aliphatic hydroxyl groups excluding tert-OH is 1. The predicted octanol–water partition coefficient (Wildman–Crippen LogP) is 7.49. The first-order valence-corrected chi connectivity index (χ1v) is 22.1. The van der Waals surface area contributed by atoms with E-state index in [0.717, 1.165) is 5.57 Å². The highest BCUT2D eigenvalue weighted by atomic mass is 28.4. The first-order chi connectivity index (χ1) is 27.8. The van der Waals surface area contributed by atoms with Crippen molar-refractivity contribution in [2.45, 2.75) is 117 Å². The van der Waals surface area contributed by atoms with Gasteiger partial charge in [-0.1, -0.05) is 85.8 Å². The number of hydrogen-bond donors (Lipinski definition) is 5. The van der Waals surface area contributed by atoms with Gasteiger partial charge in [0.05, 0.1) is 31.0 Å². The molecule has 0 bridgehead atoms. The summed E-state index contributed by atoms with van der Waals surface area (Å²) in [7, 11) is -1.01. The van der Waals surface area contributed by atoms with E-state index in [4.69, 9.17) is 18.6 Å². The topological polar surface area (TPSA) is 194 Å². The first-order valence-electron chi connectivity index (χ1n) is 20.0. The van der Waals surface area contributed by atoms with Crippen LogP contribution in [0.1, 0.15) is 91.6 Å². The second-order valence-electron chi connectivity index (χ2n) is 16.1. The number of hydrogen-bond acceptors (Lipinski definition) is 10. The van der Waals surface area contributed by atoms with Crippen molar-refractivity contribution in [1.82, 2.24) is 15.5 Å². The number of carbonyl (C=O) groups is 5. The molecule has 0 spiro atoms. The molecule has 5 amide bonds. The van der Waals surface area contributed by atoms with Crippen LogP contribution in [0, 0.1) is 5.92 Å². The van der Waals surface area contributed by atoms with Crippen molar-refractivity contribution in [3.8, 4) is 11.5 Å². The maximum Gasteiger partial charge on any atom is 0.411 e. The fourth-order valence-electron chi connectivity index (χ4n) is 7.44. The van der Waals surface area contributed by atoms with E-state index >= 15 is 0 Å². The van der Waals surface area contributed by atoms with Gasteiger partial charge in [-0.3, -0.25) is 19.7 Å². The largest absolute Gasteiger partial charge is 0.540 e. The maximum atomic E-state index is 14.1. The Kier molecular flexibility index (Phi) is 17.6. The average Bonchev–Trinajstić information content (AvgIpc) is 3.57. The maximum absolute atomic E-state index is 14.1. The number of aliphatic hydroxyl groups is 1.